The molecule has 1 aromatic rings. The monoisotopic (exact) mass is 849 g/mol. The van der Waals surface area contributed by atoms with Crippen molar-refractivity contribution in [3.05, 3.63) is 35.9 Å². The van der Waals surface area contributed by atoms with Crippen LogP contribution in [0.3, 0.4) is 0 Å². The summed E-state index contributed by atoms with van der Waals surface area (Å²) in [6.45, 7) is 4.61. The molecule has 0 spiro atoms. The summed E-state index contributed by atoms with van der Waals surface area (Å²) in [5.41, 5.74) is 0.764. The molecule has 4 N–H and O–H groups in total. The second kappa shape index (κ2) is 23.5. The minimum atomic E-state index is -4.48. The summed E-state index contributed by atoms with van der Waals surface area (Å²) in [7, 11) is -2.06. The molecule has 1 aliphatic heterocycles. The van der Waals surface area contributed by atoms with Gasteiger partial charge in [-0.3, -0.25) is 28.2 Å². The van der Waals surface area contributed by atoms with Crippen molar-refractivity contribution in [1.82, 2.24) is 16.0 Å². The number of nitrogens with one attached hydrogen (secondary N) is 3. The quantitative estimate of drug-likeness (QED) is 0.0480. The van der Waals surface area contributed by atoms with E-state index in [-0.39, 0.29) is 38.0 Å². The van der Waals surface area contributed by atoms with Gasteiger partial charge in [0.25, 0.3) is 0 Å². The van der Waals surface area contributed by atoms with Crippen LogP contribution in [0, 0.1) is 5.92 Å². The van der Waals surface area contributed by atoms with Gasteiger partial charge in [-0.25, -0.2) is 9.36 Å². The minimum absolute atomic E-state index is 0.00455. The second-order valence-electron chi connectivity index (χ2n) is 13.1. The number of hydrogen-bond acceptors (Lipinski definition) is 17. The van der Waals surface area contributed by atoms with Crippen LogP contribution in [-0.4, -0.2) is 129 Å². The van der Waals surface area contributed by atoms with Gasteiger partial charge in [-0.2, -0.15) is 0 Å². The third-order valence-corrected chi connectivity index (χ3v) is 9.87. The predicted octanol–water partition coefficient (Wildman–Crippen LogP) is 1.79. The van der Waals surface area contributed by atoms with Gasteiger partial charge in [0.1, 0.15) is 44.2 Å². The zero-order valence-electron chi connectivity index (χ0n) is 32.6. The summed E-state index contributed by atoms with van der Waals surface area (Å²) in [5.74, 6) is -3.19. The Morgan fingerprint density at radius 3 is 2.16 bits per heavy atom. The van der Waals surface area contributed by atoms with Crippen LogP contribution in [0.25, 0.3) is 0 Å². The Kier molecular flexibility index (Phi) is 19.5. The largest absolute Gasteiger partial charge is 0.508 e. The first-order valence-electron chi connectivity index (χ1n) is 18.0. The molecule has 10 atom stereocenters. The lowest BCUT2D eigenvalue weighted by molar-refractivity contribution is -0.277. The molecule has 1 amide bonds. The smallest absolute Gasteiger partial charge is 0.463 e. The summed E-state index contributed by atoms with van der Waals surface area (Å²) in [4.78, 5) is 70.3. The van der Waals surface area contributed by atoms with Crippen LogP contribution in [0.2, 0.25) is 0 Å². The molecule has 22 heteroatoms. The Bertz CT molecular complexity index is 1560. The number of methoxy groups -OCH3 is 1. The number of amides is 1. The van der Waals surface area contributed by atoms with Crippen LogP contribution < -0.4 is 16.0 Å². The maximum atomic E-state index is 12.4. The summed E-state index contributed by atoms with van der Waals surface area (Å²) in [5, 5.41) is 9.09. The Balaban J connectivity index is 1.56. The zero-order chi connectivity index (χ0) is 42.1. The molecular formula is C35H52N3O17PS. The highest BCUT2D eigenvalue weighted by Gasteiger charge is 2.51. The van der Waals surface area contributed by atoms with Crippen molar-refractivity contribution in [2.45, 2.75) is 102 Å². The fraction of sp³-hybridized carbons (Fsp3) is 0.657. The molecule has 1 saturated carbocycles. The van der Waals surface area contributed by atoms with Gasteiger partial charge >= 0.3 is 31.9 Å². The van der Waals surface area contributed by atoms with Crippen LogP contribution in [0.15, 0.2) is 30.3 Å². The molecule has 1 saturated heterocycles. The molecule has 0 radical (unpaired) electrons. The second-order valence-corrected chi connectivity index (χ2v) is 15.0. The summed E-state index contributed by atoms with van der Waals surface area (Å²) in [6.07, 6.45) is -6.32. The normalized spacial score (nSPS) is 26.5. The lowest BCUT2D eigenvalue weighted by Crippen LogP contribution is -2.66. The van der Waals surface area contributed by atoms with Crippen LogP contribution in [0.4, 0.5) is 4.79 Å². The van der Waals surface area contributed by atoms with E-state index >= 15 is 0 Å². The SMILES string of the molecule is CO[C@H]1C(OP(=O)(O)OC)[C@@H](COC(=O)OCc2ccccc2)C[C@@H]1NC(=S)NCCCCO[C@@H]1O[C@H](COC(C)=O)[C@H](OC(C)=O)[C@H](OC(C)=O)[C@H]1NC(C)=O. The third kappa shape index (κ3) is 16.1. The lowest BCUT2D eigenvalue weighted by atomic mass is 9.96. The van der Waals surface area contributed by atoms with Crippen molar-refractivity contribution in [3.8, 4) is 0 Å². The first-order valence-corrected chi connectivity index (χ1v) is 19.9. The van der Waals surface area contributed by atoms with E-state index in [4.69, 9.17) is 54.6 Å². The van der Waals surface area contributed by atoms with Gasteiger partial charge in [0.2, 0.25) is 5.91 Å². The highest BCUT2D eigenvalue weighted by atomic mass is 32.1. The average molecular weight is 850 g/mol. The van der Waals surface area contributed by atoms with E-state index in [0.29, 0.717) is 19.4 Å². The molecular weight excluding hydrogens is 797 g/mol. The van der Waals surface area contributed by atoms with Crippen LogP contribution >= 0.6 is 20.0 Å². The third-order valence-electron chi connectivity index (χ3n) is 8.64. The average Bonchev–Trinajstić information content (AvgIpc) is 3.46. The molecule has 320 valence electrons. The number of hydrogen-bond donors (Lipinski definition) is 4. The van der Waals surface area contributed by atoms with Gasteiger partial charge in [-0.05, 0) is 37.0 Å². The zero-order valence-corrected chi connectivity index (χ0v) is 34.3. The first-order chi connectivity index (χ1) is 27.0. The van der Waals surface area contributed by atoms with Gasteiger partial charge in [-0.1, -0.05) is 30.3 Å². The fourth-order valence-corrected chi connectivity index (χ4v) is 7.19. The van der Waals surface area contributed by atoms with Crippen molar-refractivity contribution < 1.29 is 80.4 Å². The van der Waals surface area contributed by atoms with E-state index in [9.17, 15) is 33.4 Å². The summed E-state index contributed by atoms with van der Waals surface area (Å²) in [6, 6.07) is 7.39. The number of esters is 3. The molecule has 1 aliphatic carbocycles. The molecule has 2 aliphatic rings. The van der Waals surface area contributed by atoms with Crippen molar-refractivity contribution in [2.24, 2.45) is 5.92 Å². The number of unbranched alkanes of at least 4 members (excludes halogenated alkanes) is 1. The maximum Gasteiger partial charge on any atom is 0.508 e. The van der Waals surface area contributed by atoms with Crippen LogP contribution in [-0.2, 0) is 77.3 Å². The molecule has 2 fully saturated rings. The number of thiocarbonyl (C=S) groups is 1. The molecule has 2 unspecified atom stereocenters. The van der Waals surface area contributed by atoms with Crippen molar-refractivity contribution in [1.29, 1.82) is 0 Å². The minimum Gasteiger partial charge on any atom is -0.463 e. The lowest BCUT2D eigenvalue weighted by Gasteiger charge is -2.44. The van der Waals surface area contributed by atoms with E-state index in [1.807, 2.05) is 6.07 Å². The van der Waals surface area contributed by atoms with Gasteiger partial charge in [0, 0.05) is 61.0 Å². The number of phosphoric acid groups is 1. The number of ether oxygens (including phenoxy) is 8. The van der Waals surface area contributed by atoms with E-state index < -0.39 is 92.6 Å². The van der Waals surface area contributed by atoms with Crippen molar-refractivity contribution >= 4 is 55.1 Å². The fourth-order valence-electron chi connectivity index (χ4n) is 6.25. The standard InChI is InChI=1S/C35H52N3O17PS/c1-20(39)37-28-32(53-23(4)42)31(52-22(3)41)27(19-49-21(2)40)54-33(28)48-15-11-10-14-36-34(57)38-26-16-25(29(30(26)46-5)55-56(44,45)47-6)18-51-35(43)50-17-24-12-8-7-9-13-24/h7-9,12-13,25-33H,10-11,14-19H2,1-6H3,(H,37,39)(H,44,45)(H2,36,38,57)/t25-,26+,27-,28-,29?,30-,31+,32-,33-/m1/s1. The van der Waals surface area contributed by atoms with Crippen molar-refractivity contribution in [3.63, 3.8) is 0 Å². The number of phosphoric ester groups is 1. The Morgan fingerprint density at radius 2 is 1.54 bits per heavy atom. The highest BCUT2D eigenvalue weighted by molar-refractivity contribution is 7.80. The Morgan fingerprint density at radius 1 is 0.860 bits per heavy atom. The van der Waals surface area contributed by atoms with Gasteiger partial charge in [0.05, 0.1) is 6.04 Å². The van der Waals surface area contributed by atoms with Crippen LogP contribution in [0.5, 0.6) is 0 Å². The number of benzene rings is 1. The van der Waals surface area contributed by atoms with E-state index in [0.717, 1.165) is 26.5 Å². The van der Waals surface area contributed by atoms with E-state index in [1.165, 1.54) is 21.0 Å². The molecule has 3 rings (SSSR count). The number of carbonyl (C=O) groups excluding carboxylic acids is 5. The van der Waals surface area contributed by atoms with Gasteiger partial charge in [0.15, 0.2) is 23.6 Å². The topological polar surface area (TPSA) is 251 Å². The molecule has 0 bridgehead atoms. The number of carbonyl (C=O) groups is 5. The summed E-state index contributed by atoms with van der Waals surface area (Å²) >= 11 is 5.51. The summed E-state index contributed by atoms with van der Waals surface area (Å²) < 4.78 is 66.6. The predicted molar refractivity (Wildman–Crippen MR) is 200 cm³/mol. The van der Waals surface area contributed by atoms with Gasteiger partial charge < -0.3 is 58.7 Å². The molecule has 20 nitrogen and oxygen atoms in total. The highest BCUT2D eigenvalue weighted by Crippen LogP contribution is 2.48. The Labute approximate surface area is 335 Å². The van der Waals surface area contributed by atoms with E-state index in [2.05, 4.69) is 20.5 Å². The van der Waals surface area contributed by atoms with Gasteiger partial charge in [-0.15, -0.1) is 0 Å². The first kappa shape index (κ1) is 47.4. The molecule has 0 aromatic heterocycles. The molecule has 57 heavy (non-hydrogen) atoms. The molecule has 1 heterocycles. The van der Waals surface area contributed by atoms with E-state index in [1.54, 1.807) is 24.3 Å². The maximum absolute atomic E-state index is 12.4. The van der Waals surface area contributed by atoms with Crippen molar-refractivity contribution in [2.75, 3.05) is 40.6 Å². The van der Waals surface area contributed by atoms with Crippen LogP contribution in [0.1, 0.15) is 52.5 Å². The Hall–Kier alpha value is -3.95. The number of rotatable bonds is 20. The molecule has 1 aromatic carbocycles.